The highest BCUT2D eigenvalue weighted by Gasteiger charge is 2.51. The maximum Gasteiger partial charge on any atom is 0.186 e. The van der Waals surface area contributed by atoms with Gasteiger partial charge in [0, 0.05) is 13.0 Å². The van der Waals surface area contributed by atoms with Gasteiger partial charge in [-0.25, -0.2) is 16.8 Å². The van der Waals surface area contributed by atoms with Gasteiger partial charge in [0.15, 0.2) is 19.7 Å². The van der Waals surface area contributed by atoms with Gasteiger partial charge in [-0.1, -0.05) is 48.5 Å². The molecule has 0 fully saturated rings. The molecule has 1 aliphatic heterocycles. The van der Waals surface area contributed by atoms with Crippen molar-refractivity contribution in [2.24, 2.45) is 5.73 Å². The van der Waals surface area contributed by atoms with Crippen molar-refractivity contribution < 1.29 is 21.6 Å². The van der Waals surface area contributed by atoms with E-state index in [9.17, 15) is 16.8 Å². The summed E-state index contributed by atoms with van der Waals surface area (Å²) in [5, 5.41) is -2.52. The molecule has 0 aromatic heterocycles. The Kier molecular flexibility index (Phi) is 5.63. The van der Waals surface area contributed by atoms with Crippen LogP contribution >= 0.6 is 0 Å². The number of hydrogen-bond donors (Lipinski definition) is 1. The molecule has 0 saturated carbocycles. The second-order valence-corrected chi connectivity index (χ2v) is 11.6. The van der Waals surface area contributed by atoms with Crippen LogP contribution in [0.25, 0.3) is 0 Å². The minimum absolute atomic E-state index is 0.0415. The zero-order chi connectivity index (χ0) is 22.2. The lowest BCUT2D eigenvalue weighted by molar-refractivity contribution is 0.410. The van der Waals surface area contributed by atoms with Gasteiger partial charge in [-0.05, 0) is 41.0 Å². The van der Waals surface area contributed by atoms with Gasteiger partial charge in [0.05, 0.1) is 22.2 Å². The molecule has 0 radical (unpaired) electrons. The Morgan fingerprint density at radius 3 is 2.23 bits per heavy atom. The Morgan fingerprint density at radius 2 is 1.55 bits per heavy atom. The van der Waals surface area contributed by atoms with Crippen LogP contribution in [0.3, 0.4) is 0 Å². The van der Waals surface area contributed by atoms with Crippen molar-refractivity contribution in [3.05, 3.63) is 89.5 Å². The topological polar surface area (TPSA) is 104 Å². The average Bonchev–Trinajstić information content (AvgIpc) is 3.02. The molecule has 31 heavy (non-hydrogen) atoms. The molecule has 0 aliphatic carbocycles. The van der Waals surface area contributed by atoms with Gasteiger partial charge in [0.2, 0.25) is 0 Å². The predicted molar refractivity (Wildman–Crippen MR) is 119 cm³/mol. The number of ether oxygens (including phenoxy) is 1. The van der Waals surface area contributed by atoms with Crippen molar-refractivity contribution in [3.8, 4) is 5.75 Å². The summed E-state index contributed by atoms with van der Waals surface area (Å²) in [7, 11) is -6.35. The number of rotatable bonds is 6. The Bertz CT molecular complexity index is 1320. The van der Waals surface area contributed by atoms with Crippen molar-refractivity contribution in [1.82, 2.24) is 0 Å². The zero-order valence-electron chi connectivity index (χ0n) is 16.9. The standard InChI is InChI=1S/C23H23NO5S2/c1-29-19-12-6-5-8-16(19)14-17-9-7-13-20-22(17)23(21(15-24)31(20,27)28)30(25,26)18-10-3-2-4-11-18/h2-13,21,23H,14-15,24H2,1H3. The first kappa shape index (κ1) is 21.5. The van der Waals surface area contributed by atoms with Crippen LogP contribution in [0, 0.1) is 0 Å². The van der Waals surface area contributed by atoms with Gasteiger partial charge < -0.3 is 10.5 Å². The van der Waals surface area contributed by atoms with Crippen LogP contribution in [0.2, 0.25) is 0 Å². The molecular formula is C23H23NO5S2. The van der Waals surface area contributed by atoms with Gasteiger partial charge in [0.25, 0.3) is 0 Å². The minimum atomic E-state index is -4.01. The number of para-hydroxylation sites is 1. The number of methoxy groups -OCH3 is 1. The lowest BCUT2D eigenvalue weighted by Gasteiger charge is -2.20. The van der Waals surface area contributed by atoms with Crippen LogP contribution in [0.1, 0.15) is 21.9 Å². The van der Waals surface area contributed by atoms with Crippen molar-refractivity contribution in [2.45, 2.75) is 26.7 Å². The maximum atomic E-state index is 13.6. The van der Waals surface area contributed by atoms with Crippen molar-refractivity contribution in [2.75, 3.05) is 13.7 Å². The number of sulfone groups is 2. The maximum absolute atomic E-state index is 13.6. The number of nitrogens with two attached hydrogens (primary N) is 1. The minimum Gasteiger partial charge on any atom is -0.496 e. The first-order valence-electron chi connectivity index (χ1n) is 9.79. The molecule has 2 unspecified atom stereocenters. The smallest absolute Gasteiger partial charge is 0.186 e. The van der Waals surface area contributed by atoms with Gasteiger partial charge in [-0.3, -0.25) is 0 Å². The fraction of sp³-hybridized carbons (Fsp3) is 0.217. The molecule has 0 saturated heterocycles. The molecule has 0 spiro atoms. The Morgan fingerprint density at radius 1 is 0.903 bits per heavy atom. The molecule has 4 rings (SSSR count). The summed E-state index contributed by atoms with van der Waals surface area (Å²) in [6.45, 7) is -0.290. The summed E-state index contributed by atoms with van der Waals surface area (Å²) in [5.41, 5.74) is 7.62. The Balaban J connectivity index is 1.94. The van der Waals surface area contributed by atoms with Crippen molar-refractivity contribution >= 4 is 19.7 Å². The summed E-state index contributed by atoms with van der Waals surface area (Å²) in [5.74, 6) is 0.652. The molecule has 2 atom stereocenters. The van der Waals surface area contributed by atoms with Gasteiger partial charge in [-0.2, -0.15) is 0 Å². The summed E-state index contributed by atoms with van der Waals surface area (Å²) in [6.07, 6.45) is 0.334. The molecular weight excluding hydrogens is 434 g/mol. The normalized spacial score (nSPS) is 19.7. The summed E-state index contributed by atoms with van der Waals surface area (Å²) >= 11 is 0. The molecule has 1 aliphatic rings. The van der Waals surface area contributed by atoms with Crippen LogP contribution < -0.4 is 10.5 Å². The highest BCUT2D eigenvalue weighted by molar-refractivity contribution is 7.96. The van der Waals surface area contributed by atoms with Crippen molar-refractivity contribution in [3.63, 3.8) is 0 Å². The third kappa shape index (κ3) is 3.54. The van der Waals surface area contributed by atoms with E-state index in [1.54, 1.807) is 37.4 Å². The van der Waals surface area contributed by atoms with E-state index in [4.69, 9.17) is 10.5 Å². The highest BCUT2D eigenvalue weighted by Crippen LogP contribution is 2.47. The Hall–Kier alpha value is -2.68. The van der Waals surface area contributed by atoms with E-state index in [1.807, 2.05) is 24.3 Å². The molecule has 8 heteroatoms. The van der Waals surface area contributed by atoms with E-state index in [-0.39, 0.29) is 16.3 Å². The molecule has 0 bridgehead atoms. The average molecular weight is 458 g/mol. The van der Waals surface area contributed by atoms with Crippen LogP contribution in [-0.2, 0) is 26.1 Å². The lowest BCUT2D eigenvalue weighted by atomic mass is 9.96. The summed E-state index contributed by atoms with van der Waals surface area (Å²) in [6, 6.07) is 20.2. The zero-order valence-corrected chi connectivity index (χ0v) is 18.6. The fourth-order valence-corrected chi connectivity index (χ4v) is 9.00. The summed E-state index contributed by atoms with van der Waals surface area (Å²) in [4.78, 5) is 0.119. The molecule has 6 nitrogen and oxygen atoms in total. The molecule has 3 aromatic carbocycles. The third-order valence-corrected chi connectivity index (χ3v) is 10.3. The van der Waals surface area contributed by atoms with E-state index in [1.165, 1.54) is 18.2 Å². The number of fused-ring (bicyclic) bond motifs is 1. The highest BCUT2D eigenvalue weighted by atomic mass is 32.2. The van der Waals surface area contributed by atoms with E-state index >= 15 is 0 Å². The molecule has 1 heterocycles. The Labute approximate surface area is 182 Å². The van der Waals surface area contributed by atoms with Crippen LogP contribution in [0.5, 0.6) is 5.75 Å². The second kappa shape index (κ2) is 8.11. The van der Waals surface area contributed by atoms with E-state index in [0.29, 0.717) is 23.3 Å². The molecule has 0 amide bonds. The van der Waals surface area contributed by atoms with Gasteiger partial charge in [-0.15, -0.1) is 0 Å². The molecule has 2 N–H and O–H groups in total. The summed E-state index contributed by atoms with van der Waals surface area (Å²) < 4.78 is 59.2. The second-order valence-electron chi connectivity index (χ2n) is 7.42. The third-order valence-electron chi connectivity index (χ3n) is 5.70. The first-order chi connectivity index (χ1) is 14.8. The first-order valence-corrected chi connectivity index (χ1v) is 12.9. The lowest BCUT2D eigenvalue weighted by Crippen LogP contribution is -2.34. The number of hydrogen-bond acceptors (Lipinski definition) is 6. The number of benzene rings is 3. The van der Waals surface area contributed by atoms with Gasteiger partial charge in [0.1, 0.15) is 11.0 Å². The molecule has 162 valence electrons. The van der Waals surface area contributed by atoms with E-state index < -0.39 is 30.2 Å². The fourth-order valence-electron chi connectivity index (χ4n) is 4.24. The van der Waals surface area contributed by atoms with Gasteiger partial charge >= 0.3 is 0 Å². The quantitative estimate of drug-likeness (QED) is 0.610. The van der Waals surface area contributed by atoms with Crippen molar-refractivity contribution in [1.29, 1.82) is 0 Å². The largest absolute Gasteiger partial charge is 0.496 e. The van der Waals surface area contributed by atoms with Crippen LogP contribution in [0.15, 0.2) is 82.6 Å². The van der Waals surface area contributed by atoms with E-state index in [0.717, 1.165) is 5.56 Å². The van der Waals surface area contributed by atoms with Crippen LogP contribution in [0.4, 0.5) is 0 Å². The monoisotopic (exact) mass is 457 g/mol. The van der Waals surface area contributed by atoms with Crippen LogP contribution in [-0.4, -0.2) is 35.7 Å². The van der Waals surface area contributed by atoms with E-state index in [2.05, 4.69) is 0 Å². The SMILES string of the molecule is COc1ccccc1Cc1cccc2c1C(S(=O)(=O)c1ccccc1)C(CN)S2(=O)=O. The predicted octanol–water partition coefficient (Wildman–Crippen LogP) is 2.92. The molecule has 3 aromatic rings.